The molecule has 2 N–H and O–H groups in total. The van der Waals surface area contributed by atoms with E-state index in [1.807, 2.05) is 13.8 Å². The van der Waals surface area contributed by atoms with Crippen molar-refractivity contribution in [3.8, 4) is 0 Å². The van der Waals surface area contributed by atoms with Crippen LogP contribution in [0.5, 0.6) is 0 Å². The molecule has 1 aliphatic carbocycles. The number of aliphatic hydroxyl groups excluding tert-OH is 1. The average molecular weight is 375 g/mol. The first-order valence-electron chi connectivity index (χ1n) is 6.89. The van der Waals surface area contributed by atoms with Crippen LogP contribution in [0.2, 0.25) is 0 Å². The molecule has 1 heterocycles. The summed E-state index contributed by atoms with van der Waals surface area (Å²) >= 11 is 2.27. The van der Waals surface area contributed by atoms with Crippen LogP contribution in [0.3, 0.4) is 0 Å². The monoisotopic (exact) mass is 375 g/mol. The molecule has 0 spiro atoms. The molecule has 1 aromatic rings. The molecule has 0 aliphatic heterocycles. The topological polar surface area (TPSA) is 58.0 Å². The Morgan fingerprint density at radius 1 is 1.37 bits per heavy atom. The molecule has 0 radical (unpaired) electrons. The maximum absolute atomic E-state index is 10.3. The van der Waals surface area contributed by atoms with Gasteiger partial charge in [-0.25, -0.2) is 9.97 Å². The van der Waals surface area contributed by atoms with Crippen molar-refractivity contribution in [2.75, 3.05) is 5.32 Å². The first-order valence-corrected chi connectivity index (χ1v) is 7.97. The van der Waals surface area contributed by atoms with Gasteiger partial charge in [0.15, 0.2) is 0 Å². The van der Waals surface area contributed by atoms with Crippen LogP contribution < -0.4 is 5.32 Å². The molecule has 1 saturated carbocycles. The average Bonchev–Trinajstić information content (AvgIpc) is 2.63. The molecule has 0 aromatic carbocycles. The number of anilines is 1. The second-order valence-electron chi connectivity index (χ2n) is 5.52. The van der Waals surface area contributed by atoms with Gasteiger partial charge >= 0.3 is 0 Å². The third-order valence-electron chi connectivity index (χ3n) is 4.23. The van der Waals surface area contributed by atoms with Crippen molar-refractivity contribution in [2.24, 2.45) is 11.8 Å². The van der Waals surface area contributed by atoms with Gasteiger partial charge in [-0.05, 0) is 54.7 Å². The molecule has 1 aliphatic rings. The van der Waals surface area contributed by atoms with Gasteiger partial charge in [0.2, 0.25) is 0 Å². The van der Waals surface area contributed by atoms with Gasteiger partial charge in [-0.15, -0.1) is 0 Å². The number of hydrogen-bond acceptors (Lipinski definition) is 4. The van der Waals surface area contributed by atoms with Gasteiger partial charge in [-0.2, -0.15) is 0 Å². The van der Waals surface area contributed by atoms with Crippen molar-refractivity contribution >= 4 is 28.4 Å². The quantitative estimate of drug-likeness (QED) is 0.798. The van der Waals surface area contributed by atoms with Gasteiger partial charge in [-0.3, -0.25) is 0 Å². The molecular weight excluding hydrogens is 353 g/mol. The van der Waals surface area contributed by atoms with Crippen LogP contribution in [0.15, 0.2) is 0 Å². The van der Waals surface area contributed by atoms with E-state index in [9.17, 15) is 5.11 Å². The number of aliphatic hydroxyl groups is 1. The number of aryl methyl sites for hydroxylation is 2. The molecule has 4 nitrogen and oxygen atoms in total. The Balaban J connectivity index is 2.18. The zero-order valence-corrected chi connectivity index (χ0v) is 14.1. The summed E-state index contributed by atoms with van der Waals surface area (Å²) in [5.74, 6) is 2.57. The molecule has 2 rings (SSSR count). The molecule has 0 saturated heterocycles. The van der Waals surface area contributed by atoms with E-state index >= 15 is 0 Å². The van der Waals surface area contributed by atoms with Crippen LogP contribution in [0.25, 0.3) is 0 Å². The molecule has 0 bridgehead atoms. The predicted octanol–water partition coefficient (Wildman–Crippen LogP) is 2.91. The largest absolute Gasteiger partial charge is 0.391 e. The van der Waals surface area contributed by atoms with Crippen molar-refractivity contribution in [1.82, 2.24) is 9.97 Å². The Morgan fingerprint density at radius 3 is 2.63 bits per heavy atom. The lowest BCUT2D eigenvalue weighted by molar-refractivity contribution is 0.119. The molecule has 1 fully saturated rings. The Kier molecular flexibility index (Phi) is 4.66. The minimum absolute atomic E-state index is 0.0992. The van der Waals surface area contributed by atoms with Crippen molar-refractivity contribution in [1.29, 1.82) is 0 Å². The van der Waals surface area contributed by atoms with Crippen LogP contribution in [0.1, 0.15) is 38.2 Å². The zero-order chi connectivity index (χ0) is 14.2. The fourth-order valence-electron chi connectivity index (χ4n) is 2.98. The second kappa shape index (κ2) is 5.91. The summed E-state index contributed by atoms with van der Waals surface area (Å²) in [6, 6.07) is 0.0992. The second-order valence-corrected chi connectivity index (χ2v) is 6.60. The van der Waals surface area contributed by atoms with Gasteiger partial charge in [-0.1, -0.05) is 20.3 Å². The highest BCUT2D eigenvalue weighted by Gasteiger charge is 2.38. The molecule has 4 atom stereocenters. The fraction of sp³-hybridized carbons (Fsp3) is 0.714. The van der Waals surface area contributed by atoms with Crippen LogP contribution in [-0.4, -0.2) is 27.2 Å². The number of hydrogen-bond donors (Lipinski definition) is 2. The fourth-order valence-corrected chi connectivity index (χ4v) is 3.38. The van der Waals surface area contributed by atoms with Crippen LogP contribution in [0.4, 0.5) is 5.82 Å². The van der Waals surface area contributed by atoms with Crippen LogP contribution in [0, 0.1) is 29.3 Å². The highest BCUT2D eigenvalue weighted by Crippen LogP contribution is 2.36. The van der Waals surface area contributed by atoms with Gasteiger partial charge in [0.25, 0.3) is 0 Å². The van der Waals surface area contributed by atoms with Gasteiger partial charge in [0.1, 0.15) is 11.6 Å². The van der Waals surface area contributed by atoms with E-state index in [1.165, 1.54) is 0 Å². The molecule has 1 aromatic heterocycles. The lowest BCUT2D eigenvalue weighted by Gasteiger charge is -2.20. The number of halogens is 1. The third kappa shape index (κ3) is 3.02. The number of nitrogens with zero attached hydrogens (tertiary/aromatic N) is 2. The standard InChI is InChI=1S/C14H22IN3O/c1-5-10-6-11(13(19)7(10)2)18-14-12(15)8(3)16-9(4)17-14/h7,10-11,13,19H,5-6H2,1-4H3,(H,16,17,18)/t7-,10?,11?,13+/m0/s1. The van der Waals surface area contributed by atoms with E-state index in [2.05, 4.69) is 51.7 Å². The smallest absolute Gasteiger partial charge is 0.143 e. The van der Waals surface area contributed by atoms with Crippen molar-refractivity contribution < 1.29 is 5.11 Å². The normalized spacial score (nSPS) is 30.6. The number of aromatic nitrogens is 2. The SMILES string of the molecule is CCC1CC(Nc2nc(C)nc(C)c2I)[C@H](O)[C@H]1C. The molecule has 5 heteroatoms. The van der Waals surface area contributed by atoms with E-state index < -0.39 is 0 Å². The summed E-state index contributed by atoms with van der Waals surface area (Å²) < 4.78 is 1.04. The molecule has 0 amide bonds. The number of rotatable bonds is 3. The summed E-state index contributed by atoms with van der Waals surface area (Å²) in [5.41, 5.74) is 0.989. The summed E-state index contributed by atoms with van der Waals surface area (Å²) in [5, 5.41) is 13.8. The lowest BCUT2D eigenvalue weighted by Crippen LogP contribution is -2.32. The third-order valence-corrected chi connectivity index (χ3v) is 5.52. The minimum Gasteiger partial charge on any atom is -0.391 e. The first-order chi connectivity index (χ1) is 8.93. The zero-order valence-electron chi connectivity index (χ0n) is 11.9. The van der Waals surface area contributed by atoms with Crippen molar-refractivity contribution in [2.45, 2.75) is 52.7 Å². The highest BCUT2D eigenvalue weighted by molar-refractivity contribution is 14.1. The van der Waals surface area contributed by atoms with Gasteiger partial charge < -0.3 is 10.4 Å². The van der Waals surface area contributed by atoms with Crippen molar-refractivity contribution in [3.63, 3.8) is 0 Å². The predicted molar refractivity (Wildman–Crippen MR) is 85.2 cm³/mol. The summed E-state index contributed by atoms with van der Waals surface area (Å²) in [6.45, 7) is 8.22. The summed E-state index contributed by atoms with van der Waals surface area (Å²) in [7, 11) is 0. The molecule has 19 heavy (non-hydrogen) atoms. The van der Waals surface area contributed by atoms with E-state index in [-0.39, 0.29) is 12.1 Å². The Morgan fingerprint density at radius 2 is 2.05 bits per heavy atom. The van der Waals surface area contributed by atoms with E-state index in [0.29, 0.717) is 11.8 Å². The maximum Gasteiger partial charge on any atom is 0.143 e. The van der Waals surface area contributed by atoms with Crippen molar-refractivity contribution in [3.05, 3.63) is 15.1 Å². The maximum atomic E-state index is 10.3. The number of nitrogens with one attached hydrogen (secondary N) is 1. The van der Waals surface area contributed by atoms with Crippen LogP contribution >= 0.6 is 22.6 Å². The summed E-state index contributed by atoms with van der Waals surface area (Å²) in [4.78, 5) is 8.82. The van der Waals surface area contributed by atoms with Gasteiger partial charge in [0, 0.05) is 0 Å². The Labute approximate surface area is 128 Å². The van der Waals surface area contributed by atoms with Crippen LogP contribution in [-0.2, 0) is 0 Å². The molecule has 2 unspecified atom stereocenters. The highest BCUT2D eigenvalue weighted by atomic mass is 127. The van der Waals surface area contributed by atoms with E-state index in [0.717, 1.165) is 33.7 Å². The minimum atomic E-state index is -0.295. The first kappa shape index (κ1) is 15.0. The van der Waals surface area contributed by atoms with Gasteiger partial charge in [0.05, 0.1) is 21.4 Å². The molecular formula is C14H22IN3O. The lowest BCUT2D eigenvalue weighted by atomic mass is 9.95. The van der Waals surface area contributed by atoms with E-state index in [4.69, 9.17) is 0 Å². The molecule has 106 valence electrons. The van der Waals surface area contributed by atoms with E-state index in [1.54, 1.807) is 0 Å². The Hall–Kier alpha value is -0.430. The Bertz CT molecular complexity index is 466. The summed E-state index contributed by atoms with van der Waals surface area (Å²) in [6.07, 6.45) is 1.84.